The van der Waals surface area contributed by atoms with E-state index >= 15 is 0 Å². The predicted molar refractivity (Wildman–Crippen MR) is 88.2 cm³/mol. The molecule has 1 heterocycles. The van der Waals surface area contributed by atoms with Crippen molar-refractivity contribution in [3.05, 3.63) is 15.8 Å². The molecule has 0 aliphatic heterocycles. The lowest BCUT2D eigenvalue weighted by molar-refractivity contribution is 0.350. The minimum absolute atomic E-state index is 0.0205. The molecule has 120 valence electrons. The summed E-state index contributed by atoms with van der Waals surface area (Å²) in [4.78, 5) is 2.39. The molecule has 0 amide bonds. The van der Waals surface area contributed by atoms with Crippen molar-refractivity contribution in [2.75, 3.05) is 6.54 Å². The van der Waals surface area contributed by atoms with Crippen molar-refractivity contribution in [2.45, 2.75) is 64.4 Å². The van der Waals surface area contributed by atoms with Crippen LogP contribution in [0.25, 0.3) is 0 Å². The van der Waals surface area contributed by atoms with E-state index in [-0.39, 0.29) is 5.41 Å². The van der Waals surface area contributed by atoms with Gasteiger partial charge in [0.15, 0.2) is 0 Å². The molecule has 2 N–H and O–H groups in total. The first-order valence-electron chi connectivity index (χ1n) is 7.56. The second kappa shape index (κ2) is 6.36. The topological polar surface area (TPSA) is 58.2 Å². The molecule has 1 saturated carbocycles. The van der Waals surface area contributed by atoms with Gasteiger partial charge in [0.2, 0.25) is 10.0 Å². The summed E-state index contributed by atoms with van der Waals surface area (Å²) in [5, 5.41) is 3.43. The van der Waals surface area contributed by atoms with Gasteiger partial charge in [0, 0.05) is 28.9 Å². The van der Waals surface area contributed by atoms with E-state index in [4.69, 9.17) is 0 Å². The number of rotatable bonds is 8. The van der Waals surface area contributed by atoms with Gasteiger partial charge >= 0.3 is 0 Å². The van der Waals surface area contributed by atoms with Crippen molar-refractivity contribution in [1.29, 1.82) is 0 Å². The van der Waals surface area contributed by atoms with Crippen molar-refractivity contribution in [2.24, 2.45) is 5.41 Å². The first-order chi connectivity index (χ1) is 9.73. The Bertz CT molecular complexity index is 587. The van der Waals surface area contributed by atoms with Gasteiger partial charge < -0.3 is 5.32 Å². The molecule has 0 atom stereocenters. The quantitative estimate of drug-likeness (QED) is 0.770. The summed E-state index contributed by atoms with van der Waals surface area (Å²) < 4.78 is 27.7. The molecule has 4 nitrogen and oxygen atoms in total. The maximum atomic E-state index is 12.5. The second-order valence-electron chi connectivity index (χ2n) is 6.63. The number of sulfonamides is 1. The number of thiophene rings is 1. The average molecular weight is 331 g/mol. The molecule has 0 unspecified atom stereocenters. The van der Waals surface area contributed by atoms with Crippen molar-refractivity contribution in [3.8, 4) is 0 Å². The molecule has 1 aromatic heterocycles. The van der Waals surface area contributed by atoms with Crippen molar-refractivity contribution in [3.63, 3.8) is 0 Å². The summed E-state index contributed by atoms with van der Waals surface area (Å²) in [5.41, 5.74) is -0.0205. The summed E-state index contributed by atoms with van der Waals surface area (Å²) in [6, 6.07) is 2.45. The molecule has 1 aromatic rings. The highest BCUT2D eigenvalue weighted by Crippen LogP contribution is 2.28. The normalized spacial score (nSPS) is 16.4. The van der Waals surface area contributed by atoms with Gasteiger partial charge in [0.1, 0.15) is 0 Å². The third-order valence-electron chi connectivity index (χ3n) is 4.05. The van der Waals surface area contributed by atoms with Crippen LogP contribution in [0.2, 0.25) is 0 Å². The summed E-state index contributed by atoms with van der Waals surface area (Å²) in [6.07, 6.45) is 3.42. The SMILES string of the molecule is CCC(C)(C)CNS(=O)(=O)c1cc(CNC2CC2)sc1C. The van der Waals surface area contributed by atoms with Crippen LogP contribution in [-0.2, 0) is 16.6 Å². The van der Waals surface area contributed by atoms with E-state index in [0.29, 0.717) is 17.5 Å². The minimum Gasteiger partial charge on any atom is -0.309 e. The van der Waals surface area contributed by atoms with Gasteiger partial charge in [-0.05, 0) is 37.7 Å². The van der Waals surface area contributed by atoms with Crippen LogP contribution in [-0.4, -0.2) is 21.0 Å². The van der Waals surface area contributed by atoms with Gasteiger partial charge in [-0.1, -0.05) is 20.8 Å². The van der Waals surface area contributed by atoms with E-state index < -0.39 is 10.0 Å². The Morgan fingerprint density at radius 3 is 2.62 bits per heavy atom. The van der Waals surface area contributed by atoms with E-state index in [1.807, 2.05) is 13.0 Å². The van der Waals surface area contributed by atoms with Gasteiger partial charge in [0.05, 0.1) is 4.90 Å². The van der Waals surface area contributed by atoms with Crippen LogP contribution in [0.15, 0.2) is 11.0 Å². The van der Waals surface area contributed by atoms with E-state index in [2.05, 4.69) is 30.8 Å². The van der Waals surface area contributed by atoms with Crippen LogP contribution < -0.4 is 10.0 Å². The van der Waals surface area contributed by atoms with Gasteiger partial charge in [0.25, 0.3) is 0 Å². The average Bonchev–Trinajstić information content (AvgIpc) is 3.17. The summed E-state index contributed by atoms with van der Waals surface area (Å²) >= 11 is 1.57. The lowest BCUT2D eigenvalue weighted by atomic mass is 9.91. The molecular formula is C15H26N2O2S2. The molecule has 2 rings (SSSR count). The number of hydrogen-bond acceptors (Lipinski definition) is 4. The lowest BCUT2D eigenvalue weighted by Crippen LogP contribution is -2.33. The zero-order valence-electron chi connectivity index (χ0n) is 13.3. The van der Waals surface area contributed by atoms with E-state index in [1.54, 1.807) is 11.3 Å². The van der Waals surface area contributed by atoms with Gasteiger partial charge in [-0.3, -0.25) is 0 Å². The molecule has 0 saturated heterocycles. The Hall–Kier alpha value is -0.430. The number of hydrogen-bond donors (Lipinski definition) is 2. The number of nitrogens with one attached hydrogen (secondary N) is 2. The molecular weight excluding hydrogens is 304 g/mol. The highest BCUT2D eigenvalue weighted by atomic mass is 32.2. The third-order valence-corrected chi connectivity index (χ3v) is 6.76. The second-order valence-corrected chi connectivity index (χ2v) is 9.71. The highest BCUT2D eigenvalue weighted by Gasteiger charge is 2.25. The maximum absolute atomic E-state index is 12.5. The molecule has 1 aliphatic carbocycles. The molecule has 0 radical (unpaired) electrons. The maximum Gasteiger partial charge on any atom is 0.241 e. The highest BCUT2D eigenvalue weighted by molar-refractivity contribution is 7.89. The Balaban J connectivity index is 2.04. The predicted octanol–water partition coefficient (Wildman–Crippen LogP) is 3.02. The van der Waals surface area contributed by atoms with E-state index in [9.17, 15) is 8.42 Å². The van der Waals surface area contributed by atoms with Gasteiger partial charge in [-0.15, -0.1) is 11.3 Å². The minimum atomic E-state index is -3.40. The summed E-state index contributed by atoms with van der Waals surface area (Å²) in [6.45, 7) is 9.33. The van der Waals surface area contributed by atoms with E-state index in [1.165, 1.54) is 12.8 Å². The van der Waals surface area contributed by atoms with Gasteiger partial charge in [-0.2, -0.15) is 0 Å². The standard InChI is InChI=1S/C15H26N2O2S2/c1-5-15(3,4)10-17-21(18,19)14-8-13(20-11(14)2)9-16-12-6-7-12/h8,12,16-17H,5-7,9-10H2,1-4H3. The van der Waals surface area contributed by atoms with Crippen molar-refractivity contribution < 1.29 is 8.42 Å². The number of aryl methyl sites for hydroxylation is 1. The Labute approximate surface area is 132 Å². The molecule has 0 bridgehead atoms. The first kappa shape index (κ1) is 16.9. The molecule has 6 heteroatoms. The lowest BCUT2D eigenvalue weighted by Gasteiger charge is -2.22. The molecule has 1 aliphatic rings. The zero-order chi connectivity index (χ0) is 15.7. The van der Waals surface area contributed by atoms with Gasteiger partial charge in [-0.25, -0.2) is 13.1 Å². The Morgan fingerprint density at radius 1 is 1.38 bits per heavy atom. The zero-order valence-corrected chi connectivity index (χ0v) is 15.0. The summed E-state index contributed by atoms with van der Waals surface area (Å²) in [5.74, 6) is 0. The molecule has 1 fully saturated rings. The van der Waals surface area contributed by atoms with Crippen LogP contribution in [0.5, 0.6) is 0 Å². The Kier molecular flexibility index (Phi) is 5.13. The fourth-order valence-corrected chi connectivity index (χ4v) is 4.73. The largest absolute Gasteiger partial charge is 0.309 e. The fraction of sp³-hybridized carbons (Fsp3) is 0.733. The van der Waals surface area contributed by atoms with Crippen molar-refractivity contribution >= 4 is 21.4 Å². The van der Waals surface area contributed by atoms with Crippen LogP contribution in [0.3, 0.4) is 0 Å². The third kappa shape index (κ3) is 4.77. The Morgan fingerprint density at radius 2 is 2.05 bits per heavy atom. The van der Waals surface area contributed by atoms with Crippen LogP contribution in [0.1, 0.15) is 49.8 Å². The van der Waals surface area contributed by atoms with Crippen molar-refractivity contribution in [1.82, 2.24) is 10.0 Å². The van der Waals surface area contributed by atoms with Crippen LogP contribution >= 0.6 is 11.3 Å². The monoisotopic (exact) mass is 330 g/mol. The first-order valence-corrected chi connectivity index (χ1v) is 9.86. The van der Waals surface area contributed by atoms with E-state index in [0.717, 1.165) is 22.7 Å². The molecule has 0 spiro atoms. The van der Waals surface area contributed by atoms with Crippen LogP contribution in [0.4, 0.5) is 0 Å². The van der Waals surface area contributed by atoms with Crippen LogP contribution in [0, 0.1) is 12.3 Å². The molecule has 0 aromatic carbocycles. The summed E-state index contributed by atoms with van der Waals surface area (Å²) in [7, 11) is -3.40. The fourth-order valence-electron chi connectivity index (χ4n) is 1.90. The smallest absolute Gasteiger partial charge is 0.241 e. The molecule has 21 heavy (non-hydrogen) atoms.